The van der Waals surface area contributed by atoms with E-state index in [0.29, 0.717) is 46.3 Å². The molecule has 6 aromatic carbocycles. The lowest BCUT2D eigenvalue weighted by Gasteiger charge is -2.61. The maximum absolute atomic E-state index is 14.7. The van der Waals surface area contributed by atoms with E-state index in [2.05, 4.69) is 34.6 Å². The first kappa shape index (κ1) is 67.7. The topological polar surface area (TPSA) is 244 Å². The van der Waals surface area contributed by atoms with Crippen LogP contribution < -0.4 is 9.47 Å². The van der Waals surface area contributed by atoms with Gasteiger partial charge in [0.1, 0.15) is 37.6 Å². The molecule has 4 aliphatic carbocycles. The van der Waals surface area contributed by atoms with Crippen molar-refractivity contribution >= 4 is 63.5 Å². The molecule has 4 fully saturated rings. The third-order valence-corrected chi connectivity index (χ3v) is 21.8. The van der Waals surface area contributed by atoms with Crippen LogP contribution >= 0.6 is 23.2 Å². The third-order valence-electron chi connectivity index (χ3n) is 21.3. The van der Waals surface area contributed by atoms with Gasteiger partial charge in [0.25, 0.3) is 22.7 Å². The van der Waals surface area contributed by atoms with Crippen molar-refractivity contribution in [3.05, 3.63) is 222 Å². The Labute approximate surface area is 552 Å². The summed E-state index contributed by atoms with van der Waals surface area (Å²) in [6, 6.07) is 29.4. The third kappa shape index (κ3) is 14.9. The number of hydrogen-bond acceptors (Lipinski definition) is 14. The van der Waals surface area contributed by atoms with Gasteiger partial charge in [-0.15, -0.1) is 0 Å². The molecule has 0 amide bonds. The summed E-state index contributed by atoms with van der Waals surface area (Å²) >= 11 is 14.5. The largest absolute Gasteiger partial charge is 0.486 e. The van der Waals surface area contributed by atoms with Crippen LogP contribution in [0, 0.1) is 98.6 Å². The summed E-state index contributed by atoms with van der Waals surface area (Å²) in [6.07, 6.45) is 18.2. The number of nitrogens with zero attached hydrogens (tertiary/aromatic N) is 4. The van der Waals surface area contributed by atoms with E-state index >= 15 is 0 Å². The number of allylic oxidation sites excluding steroid dienone is 1. The minimum absolute atomic E-state index is 0.0962. The minimum Gasteiger partial charge on any atom is -0.486 e. The molecule has 0 bridgehead atoms. The highest BCUT2D eigenvalue weighted by Gasteiger charge is 2.60. The summed E-state index contributed by atoms with van der Waals surface area (Å²) in [5.41, 5.74) is 0.647. The number of halogens is 2. The molecule has 0 N–H and O–H groups in total. The highest BCUT2D eigenvalue weighted by Crippen LogP contribution is 2.69. The smallest absolute Gasteiger partial charge is 0.342 e. The molecule has 0 radical (unpaired) electrons. The molecule has 490 valence electrons. The molecule has 4 saturated carbocycles. The number of benzene rings is 6. The van der Waals surface area contributed by atoms with Crippen molar-refractivity contribution in [1.29, 1.82) is 0 Å². The van der Waals surface area contributed by atoms with E-state index in [1.165, 1.54) is 143 Å². The van der Waals surface area contributed by atoms with E-state index in [1.807, 2.05) is 6.08 Å². The minimum atomic E-state index is -1.01. The maximum atomic E-state index is 14.7. The average Bonchev–Trinajstić information content (AvgIpc) is 1.69. The molecule has 0 heterocycles. The van der Waals surface area contributed by atoms with E-state index in [-0.39, 0.29) is 83.1 Å². The summed E-state index contributed by atoms with van der Waals surface area (Å²) in [5.74, 6) is 2.99. The first-order chi connectivity index (χ1) is 44.6. The number of carbonyl (C=O) groups excluding carboxylic acids is 2. The van der Waals surface area contributed by atoms with Crippen molar-refractivity contribution in [2.24, 2.45) is 58.2 Å². The second-order valence-electron chi connectivity index (χ2n) is 27.0. The van der Waals surface area contributed by atoms with Gasteiger partial charge in [0.2, 0.25) is 0 Å². The number of esters is 2. The summed E-state index contributed by atoms with van der Waals surface area (Å²) in [4.78, 5) is 75.5. The number of rotatable bonds is 26. The molecule has 20 heteroatoms. The van der Waals surface area contributed by atoms with Gasteiger partial charge in [-0.05, 0) is 194 Å². The van der Waals surface area contributed by atoms with E-state index in [9.17, 15) is 50.0 Å². The van der Waals surface area contributed by atoms with E-state index in [1.54, 1.807) is 36.4 Å². The standard InChI is InChI=1S/C73H80Cl2N4O14/c1-45(2)16-14-17-46(3)59-30-31-60-56-29-28-54-36-47(32-34-72(54,4)61(56)33-35-73(59,60)5)18-15-23-55(52-37-57(70(80)92-43-50-21-8-12-26-66(50)78(86)87)68(62(74)39-52)90-41-48-19-6-10-24-64(48)76(82)83)53-38-58(71(81)93-44-51-22-9-13-27-67(51)79(88)89)69(63(75)40-53)91-42-49-20-7-11-25-65(49)77(84)85/h6-13,19-27,37-40,45-47,54,56,59-61H,14-18,28-36,41-44H2,1-5H3/t46-,47?,54?,56+,59-,60+,61+,72+,73-/m1/s1. The van der Waals surface area contributed by atoms with Crippen LogP contribution in [0.5, 0.6) is 11.5 Å². The van der Waals surface area contributed by atoms with E-state index in [0.717, 1.165) is 55.3 Å². The zero-order valence-corrected chi connectivity index (χ0v) is 54.7. The Hall–Kier alpha value is -8.22. The van der Waals surface area contributed by atoms with Crippen LogP contribution in [0.25, 0.3) is 5.57 Å². The second-order valence-corrected chi connectivity index (χ2v) is 27.8. The molecule has 0 aliphatic heterocycles. The van der Waals surface area contributed by atoms with Gasteiger partial charge in [0, 0.05) is 24.3 Å². The number of nitro benzene ring substituents is 4. The van der Waals surface area contributed by atoms with Crippen LogP contribution in [-0.4, -0.2) is 31.6 Å². The van der Waals surface area contributed by atoms with Gasteiger partial charge >= 0.3 is 11.9 Å². The van der Waals surface area contributed by atoms with Gasteiger partial charge in [0.05, 0.1) is 52.0 Å². The normalized spacial score (nSPS) is 22.5. The summed E-state index contributed by atoms with van der Waals surface area (Å²) in [5, 5.41) is 48.2. The van der Waals surface area contributed by atoms with E-state index < -0.39 is 58.1 Å². The molecule has 0 aromatic heterocycles. The number of hydrogen-bond donors (Lipinski definition) is 0. The number of nitro groups is 4. The highest BCUT2D eigenvalue weighted by molar-refractivity contribution is 6.33. The maximum Gasteiger partial charge on any atom is 0.342 e. The van der Waals surface area contributed by atoms with Gasteiger partial charge in [-0.25, -0.2) is 9.59 Å². The van der Waals surface area contributed by atoms with Crippen molar-refractivity contribution in [2.45, 2.75) is 151 Å². The van der Waals surface area contributed by atoms with Crippen LogP contribution in [0.1, 0.15) is 179 Å². The Morgan fingerprint density at radius 1 is 0.559 bits per heavy atom. The molecule has 9 atom stereocenters. The summed E-state index contributed by atoms with van der Waals surface area (Å²) in [6.45, 7) is 10.5. The molecule has 93 heavy (non-hydrogen) atoms. The molecule has 0 saturated heterocycles. The zero-order chi connectivity index (χ0) is 66.3. The lowest BCUT2D eigenvalue weighted by molar-refractivity contribution is -0.386. The number of carbonyl (C=O) groups is 2. The lowest BCUT2D eigenvalue weighted by atomic mass is 9.44. The SMILES string of the molecule is CC(C)CCC[C@@H](C)[C@H]1CC[C@H]2[C@@H]3CCC4CC(CCC=C(c5cc(Cl)c(OCc6ccccc6[N+](=O)[O-])c(C(=O)OCc6ccccc6[N+](=O)[O-])c5)c5cc(Cl)c(OCc6ccccc6[N+](=O)[O-])c(C(=O)OCc6ccccc6[N+](=O)[O-])c5)CC[C@]4(C)[C@H]3CC[C@]12C. The van der Waals surface area contributed by atoms with Gasteiger partial charge < -0.3 is 18.9 Å². The molecule has 10 rings (SSSR count). The van der Waals surface area contributed by atoms with Crippen molar-refractivity contribution in [3.8, 4) is 11.5 Å². The Morgan fingerprint density at radius 3 is 1.46 bits per heavy atom. The summed E-state index contributed by atoms with van der Waals surface area (Å²) < 4.78 is 24.1. The van der Waals surface area contributed by atoms with Crippen molar-refractivity contribution in [3.63, 3.8) is 0 Å². The fourth-order valence-electron chi connectivity index (χ4n) is 16.6. The van der Waals surface area contributed by atoms with Crippen LogP contribution in [0.3, 0.4) is 0 Å². The van der Waals surface area contributed by atoms with Gasteiger partial charge in [-0.2, -0.15) is 0 Å². The lowest BCUT2D eigenvalue weighted by Crippen LogP contribution is -2.53. The Bertz CT molecular complexity index is 3650. The Balaban J connectivity index is 1.01. The Kier molecular flexibility index (Phi) is 21.4. The predicted octanol–water partition coefficient (Wildman–Crippen LogP) is 19.4. The van der Waals surface area contributed by atoms with Gasteiger partial charge in [-0.1, -0.05) is 132 Å². The second kappa shape index (κ2) is 29.4. The zero-order valence-electron chi connectivity index (χ0n) is 53.2. The highest BCUT2D eigenvalue weighted by atomic mass is 35.5. The Morgan fingerprint density at radius 2 is 1.00 bits per heavy atom. The predicted molar refractivity (Wildman–Crippen MR) is 355 cm³/mol. The molecule has 2 unspecified atom stereocenters. The van der Waals surface area contributed by atoms with Crippen LogP contribution in [0.2, 0.25) is 10.0 Å². The average molecular weight is 1310 g/mol. The molecule has 18 nitrogen and oxygen atoms in total. The molecule has 0 spiro atoms. The molecular weight excluding hydrogens is 1230 g/mol. The first-order valence-corrected chi connectivity index (χ1v) is 33.2. The fraction of sp³-hybridized carbons (Fsp3) is 0.452. The number of para-hydroxylation sites is 4. The molecular formula is C73H80Cl2N4O14. The van der Waals surface area contributed by atoms with Crippen LogP contribution in [0.4, 0.5) is 22.7 Å². The van der Waals surface area contributed by atoms with Crippen molar-refractivity contribution in [2.75, 3.05) is 0 Å². The van der Waals surface area contributed by atoms with Crippen LogP contribution in [0.15, 0.2) is 127 Å². The summed E-state index contributed by atoms with van der Waals surface area (Å²) in [7, 11) is 0. The fourth-order valence-corrected chi connectivity index (χ4v) is 17.1. The van der Waals surface area contributed by atoms with Gasteiger partial charge in [0.15, 0.2) is 11.5 Å². The number of ether oxygens (including phenoxy) is 4. The van der Waals surface area contributed by atoms with Crippen molar-refractivity contribution < 1.29 is 48.2 Å². The van der Waals surface area contributed by atoms with E-state index in [4.69, 9.17) is 42.1 Å². The van der Waals surface area contributed by atoms with Gasteiger partial charge in [-0.3, -0.25) is 40.5 Å². The molecule has 6 aromatic rings. The quantitative estimate of drug-likeness (QED) is 0.0279. The number of fused-ring (bicyclic) bond motifs is 5. The van der Waals surface area contributed by atoms with Crippen molar-refractivity contribution in [1.82, 2.24) is 0 Å². The monoisotopic (exact) mass is 1310 g/mol. The first-order valence-electron chi connectivity index (χ1n) is 32.4. The van der Waals surface area contributed by atoms with Crippen LogP contribution in [-0.2, 0) is 35.9 Å². The molecule has 4 aliphatic rings.